The first-order chi connectivity index (χ1) is 7.52. The van der Waals surface area contributed by atoms with Crippen LogP contribution in [0, 0.1) is 15.9 Å². The minimum atomic E-state index is -1.00. The normalized spacial score (nSPS) is 10.1. The maximum atomic E-state index is 13.4. The number of rotatable bonds is 5. The van der Waals surface area contributed by atoms with Gasteiger partial charge in [0.25, 0.3) is 0 Å². The summed E-state index contributed by atoms with van der Waals surface area (Å²) in [6.45, 7) is 0. The summed E-state index contributed by atoms with van der Waals surface area (Å²) < 4.78 is 13.4. The molecule has 7 heteroatoms. The summed E-state index contributed by atoms with van der Waals surface area (Å²) in [5, 5.41) is 18.8. The number of thioether (sulfide) groups is 1. The van der Waals surface area contributed by atoms with Crippen molar-refractivity contribution in [2.24, 2.45) is 0 Å². The third-order valence-electron chi connectivity index (χ3n) is 1.74. The number of nitro groups is 1. The lowest BCUT2D eigenvalue weighted by atomic mass is 10.2. The number of hydrogen-bond acceptors (Lipinski definition) is 4. The Labute approximate surface area is 94.4 Å². The van der Waals surface area contributed by atoms with Crippen LogP contribution < -0.4 is 0 Å². The lowest BCUT2D eigenvalue weighted by Crippen LogP contribution is -2.00. The number of benzene rings is 1. The van der Waals surface area contributed by atoms with E-state index in [0.29, 0.717) is 0 Å². The quantitative estimate of drug-likeness (QED) is 0.634. The Hall–Kier alpha value is -1.63. The molecule has 0 saturated carbocycles. The molecule has 0 amide bonds. The summed E-state index contributed by atoms with van der Waals surface area (Å²) in [6, 6.07) is 3.84. The van der Waals surface area contributed by atoms with Crippen molar-refractivity contribution < 1.29 is 19.2 Å². The molecular weight excluding hydrogens is 237 g/mol. The zero-order chi connectivity index (χ0) is 12.1. The third kappa shape index (κ3) is 3.20. The van der Waals surface area contributed by atoms with Crippen LogP contribution in [-0.2, 0) is 10.5 Å². The van der Waals surface area contributed by atoms with Crippen molar-refractivity contribution in [2.75, 3.05) is 5.75 Å². The fourth-order valence-corrected chi connectivity index (χ4v) is 1.79. The van der Waals surface area contributed by atoms with Gasteiger partial charge in [-0.2, -0.15) is 4.39 Å². The largest absolute Gasteiger partial charge is 0.481 e. The lowest BCUT2D eigenvalue weighted by molar-refractivity contribution is -0.387. The average molecular weight is 245 g/mol. The second-order valence-corrected chi connectivity index (χ2v) is 3.88. The van der Waals surface area contributed by atoms with E-state index in [1.807, 2.05) is 0 Å². The summed E-state index contributed by atoms with van der Waals surface area (Å²) in [7, 11) is 0. The van der Waals surface area contributed by atoms with Gasteiger partial charge in [-0.15, -0.1) is 11.8 Å². The van der Waals surface area contributed by atoms with E-state index in [9.17, 15) is 19.3 Å². The molecule has 0 fully saturated rings. The molecule has 86 valence electrons. The Balaban J connectivity index is 2.77. The number of carboxylic acids is 1. The van der Waals surface area contributed by atoms with Gasteiger partial charge >= 0.3 is 11.7 Å². The highest BCUT2D eigenvalue weighted by Gasteiger charge is 2.16. The van der Waals surface area contributed by atoms with E-state index in [-0.39, 0.29) is 17.1 Å². The van der Waals surface area contributed by atoms with Crippen molar-refractivity contribution in [1.82, 2.24) is 0 Å². The monoisotopic (exact) mass is 245 g/mol. The average Bonchev–Trinajstić information content (AvgIpc) is 2.19. The maximum absolute atomic E-state index is 13.4. The number of halogens is 1. The molecular formula is C9H8FNO4S. The van der Waals surface area contributed by atoms with Gasteiger partial charge in [0, 0.05) is 17.4 Å². The first-order valence-corrected chi connectivity index (χ1v) is 5.39. The zero-order valence-electron chi connectivity index (χ0n) is 8.05. The van der Waals surface area contributed by atoms with Crippen molar-refractivity contribution in [3.63, 3.8) is 0 Å². The molecule has 0 unspecified atom stereocenters. The van der Waals surface area contributed by atoms with Crippen molar-refractivity contribution >= 4 is 23.4 Å². The van der Waals surface area contributed by atoms with Gasteiger partial charge in [-0.1, -0.05) is 12.1 Å². The van der Waals surface area contributed by atoms with Crippen LogP contribution in [0.3, 0.4) is 0 Å². The van der Waals surface area contributed by atoms with Crippen molar-refractivity contribution in [3.8, 4) is 0 Å². The lowest BCUT2D eigenvalue weighted by Gasteiger charge is -2.01. The number of nitrogens with zero attached hydrogens (tertiary/aromatic N) is 1. The molecule has 0 aromatic heterocycles. The van der Waals surface area contributed by atoms with E-state index < -0.39 is 22.4 Å². The third-order valence-corrected chi connectivity index (χ3v) is 2.70. The molecule has 0 aliphatic rings. The summed E-state index contributed by atoms with van der Waals surface area (Å²) in [6.07, 6.45) is 0. The molecule has 0 spiro atoms. The molecule has 0 atom stereocenters. The Morgan fingerprint density at radius 1 is 1.56 bits per heavy atom. The van der Waals surface area contributed by atoms with Gasteiger partial charge in [0.15, 0.2) is 0 Å². The van der Waals surface area contributed by atoms with E-state index >= 15 is 0 Å². The molecule has 16 heavy (non-hydrogen) atoms. The number of nitro benzene ring substituents is 1. The molecule has 1 rings (SSSR count). The van der Waals surface area contributed by atoms with Crippen LogP contribution in [0.4, 0.5) is 10.1 Å². The standard InChI is InChI=1S/C9H8FNO4S/c10-9-6(4-16-5-8(12)13)2-1-3-7(9)11(14)15/h1-3H,4-5H2,(H,12,13). The highest BCUT2D eigenvalue weighted by molar-refractivity contribution is 7.99. The van der Waals surface area contributed by atoms with Crippen LogP contribution in [-0.4, -0.2) is 21.8 Å². The van der Waals surface area contributed by atoms with Crippen LogP contribution in [0.15, 0.2) is 18.2 Å². The number of hydrogen-bond donors (Lipinski definition) is 1. The van der Waals surface area contributed by atoms with Crippen LogP contribution in [0.1, 0.15) is 5.56 Å². The van der Waals surface area contributed by atoms with Gasteiger partial charge in [-0.25, -0.2) is 0 Å². The second-order valence-electron chi connectivity index (χ2n) is 2.89. The summed E-state index contributed by atoms with van der Waals surface area (Å²) in [5.41, 5.74) is -0.450. The minimum absolute atomic E-state index is 0.0970. The molecule has 1 N–H and O–H groups in total. The van der Waals surface area contributed by atoms with Gasteiger partial charge in [-0.3, -0.25) is 14.9 Å². The first-order valence-electron chi connectivity index (χ1n) is 4.23. The Kier molecular flexibility index (Phi) is 4.24. The summed E-state index contributed by atoms with van der Waals surface area (Å²) in [4.78, 5) is 19.8. The van der Waals surface area contributed by atoms with E-state index in [1.165, 1.54) is 12.1 Å². The van der Waals surface area contributed by atoms with Gasteiger partial charge in [0.05, 0.1) is 10.7 Å². The van der Waals surface area contributed by atoms with Crippen LogP contribution in [0.2, 0.25) is 0 Å². The predicted molar refractivity (Wildman–Crippen MR) is 56.9 cm³/mol. The van der Waals surface area contributed by atoms with Gasteiger partial charge < -0.3 is 5.11 Å². The molecule has 1 aromatic carbocycles. The second kappa shape index (κ2) is 5.45. The van der Waals surface area contributed by atoms with Crippen molar-refractivity contribution in [3.05, 3.63) is 39.7 Å². The first kappa shape index (κ1) is 12.4. The Morgan fingerprint density at radius 3 is 2.81 bits per heavy atom. The van der Waals surface area contributed by atoms with Crippen LogP contribution >= 0.6 is 11.8 Å². The molecule has 0 bridgehead atoms. The van der Waals surface area contributed by atoms with Crippen LogP contribution in [0.5, 0.6) is 0 Å². The fourth-order valence-electron chi connectivity index (χ4n) is 1.07. The van der Waals surface area contributed by atoms with Gasteiger partial charge in [0.2, 0.25) is 5.82 Å². The number of carboxylic acid groups (broad SMARTS) is 1. The van der Waals surface area contributed by atoms with E-state index in [2.05, 4.69) is 0 Å². The maximum Gasteiger partial charge on any atom is 0.313 e. The number of aliphatic carboxylic acids is 1. The summed E-state index contributed by atoms with van der Waals surface area (Å²) in [5.74, 6) is -1.97. The highest BCUT2D eigenvalue weighted by Crippen LogP contribution is 2.23. The SMILES string of the molecule is O=C(O)CSCc1cccc([N+](=O)[O-])c1F. The molecule has 0 heterocycles. The minimum Gasteiger partial charge on any atom is -0.481 e. The Bertz CT molecular complexity index is 424. The Morgan fingerprint density at radius 2 is 2.25 bits per heavy atom. The van der Waals surface area contributed by atoms with Crippen molar-refractivity contribution in [2.45, 2.75) is 5.75 Å². The van der Waals surface area contributed by atoms with E-state index in [1.54, 1.807) is 0 Å². The topological polar surface area (TPSA) is 80.4 Å². The van der Waals surface area contributed by atoms with E-state index in [0.717, 1.165) is 17.8 Å². The number of carbonyl (C=O) groups is 1. The molecule has 0 radical (unpaired) electrons. The molecule has 0 aliphatic heterocycles. The molecule has 0 aliphatic carbocycles. The van der Waals surface area contributed by atoms with Crippen LogP contribution in [0.25, 0.3) is 0 Å². The molecule has 1 aromatic rings. The molecule has 5 nitrogen and oxygen atoms in total. The van der Waals surface area contributed by atoms with Crippen molar-refractivity contribution in [1.29, 1.82) is 0 Å². The van der Waals surface area contributed by atoms with Gasteiger partial charge in [0.1, 0.15) is 0 Å². The smallest absolute Gasteiger partial charge is 0.313 e. The highest BCUT2D eigenvalue weighted by atomic mass is 32.2. The molecule has 0 saturated heterocycles. The summed E-state index contributed by atoms with van der Waals surface area (Å²) >= 11 is 0.987. The zero-order valence-corrected chi connectivity index (χ0v) is 8.87. The van der Waals surface area contributed by atoms with Gasteiger partial charge in [-0.05, 0) is 0 Å². The predicted octanol–water partition coefficient (Wildman–Crippen LogP) is 2.05. The fraction of sp³-hybridized carbons (Fsp3) is 0.222. The van der Waals surface area contributed by atoms with E-state index in [4.69, 9.17) is 5.11 Å².